The van der Waals surface area contributed by atoms with Crippen LogP contribution in [0.25, 0.3) is 0 Å². The first-order valence-corrected chi connectivity index (χ1v) is 8.46. The van der Waals surface area contributed by atoms with E-state index in [2.05, 4.69) is 10.6 Å². The van der Waals surface area contributed by atoms with Gasteiger partial charge in [0.15, 0.2) is 0 Å². The Balaban J connectivity index is 1.54. The summed E-state index contributed by atoms with van der Waals surface area (Å²) in [6.07, 6.45) is 2.51. The van der Waals surface area contributed by atoms with E-state index in [0.717, 1.165) is 18.4 Å². The molecular weight excluding hydrogens is 322 g/mol. The quantitative estimate of drug-likeness (QED) is 0.792. The first-order chi connectivity index (χ1) is 11.9. The van der Waals surface area contributed by atoms with Gasteiger partial charge in [0.05, 0.1) is 0 Å². The fraction of sp³-hybridized carbons (Fsp3) is 0.444. The highest BCUT2D eigenvalue weighted by Crippen LogP contribution is 2.35. The molecule has 2 N–H and O–H groups in total. The fourth-order valence-corrected chi connectivity index (χ4v) is 3.37. The van der Waals surface area contributed by atoms with Gasteiger partial charge >= 0.3 is 0 Å². The second-order valence-corrected chi connectivity index (χ2v) is 7.29. The van der Waals surface area contributed by atoms with Crippen LogP contribution >= 0.6 is 0 Å². The van der Waals surface area contributed by atoms with Gasteiger partial charge in [0.25, 0.3) is 11.8 Å². The average Bonchev–Trinajstić information content (AvgIpc) is 3.20. The van der Waals surface area contributed by atoms with Crippen molar-refractivity contribution >= 4 is 23.6 Å². The first-order valence-electron chi connectivity index (χ1n) is 8.46. The third-order valence-corrected chi connectivity index (χ3v) is 5.20. The molecule has 4 rings (SSSR count). The molecule has 0 spiro atoms. The maximum atomic E-state index is 12.6. The molecule has 130 valence electrons. The molecule has 1 unspecified atom stereocenters. The van der Waals surface area contributed by atoms with Crippen LogP contribution in [0.4, 0.5) is 0 Å². The molecule has 2 aliphatic heterocycles. The van der Waals surface area contributed by atoms with Gasteiger partial charge in [0.2, 0.25) is 11.8 Å². The zero-order valence-electron chi connectivity index (χ0n) is 13.9. The number of benzene rings is 1. The zero-order chi connectivity index (χ0) is 17.8. The van der Waals surface area contributed by atoms with E-state index in [-0.39, 0.29) is 36.2 Å². The van der Waals surface area contributed by atoms with Gasteiger partial charge in [-0.15, -0.1) is 0 Å². The molecule has 1 aliphatic carbocycles. The van der Waals surface area contributed by atoms with E-state index in [1.54, 1.807) is 18.2 Å². The summed E-state index contributed by atoms with van der Waals surface area (Å²) in [5.41, 5.74) is 1.66. The molecule has 3 aliphatic rings. The molecule has 2 heterocycles. The van der Waals surface area contributed by atoms with Crippen LogP contribution in [0.1, 0.15) is 58.9 Å². The number of nitrogens with one attached hydrogen (secondary N) is 2. The van der Waals surface area contributed by atoms with Crippen molar-refractivity contribution in [1.29, 1.82) is 0 Å². The van der Waals surface area contributed by atoms with Gasteiger partial charge in [-0.05, 0) is 49.9 Å². The lowest BCUT2D eigenvalue weighted by atomic mass is 10.0. The number of nitrogens with zero attached hydrogens (tertiary/aromatic N) is 1. The predicted molar refractivity (Wildman–Crippen MR) is 87.6 cm³/mol. The number of fused-ring (bicyclic) bond motifs is 1. The van der Waals surface area contributed by atoms with E-state index in [1.165, 1.54) is 4.90 Å². The highest BCUT2D eigenvalue weighted by Gasteiger charge is 2.40. The van der Waals surface area contributed by atoms with Crippen molar-refractivity contribution in [3.05, 3.63) is 34.9 Å². The molecule has 1 aromatic carbocycles. The number of hydrogen-bond donors (Lipinski definition) is 2. The third kappa shape index (κ3) is 2.79. The summed E-state index contributed by atoms with van der Waals surface area (Å²) in [7, 11) is 0. The third-order valence-electron chi connectivity index (χ3n) is 5.20. The lowest BCUT2D eigenvalue weighted by molar-refractivity contribution is -0.136. The molecule has 4 amide bonds. The molecule has 0 bridgehead atoms. The van der Waals surface area contributed by atoms with Gasteiger partial charge in [-0.25, -0.2) is 0 Å². The predicted octanol–water partition coefficient (Wildman–Crippen LogP) is 0.730. The normalized spacial score (nSPS) is 24.0. The van der Waals surface area contributed by atoms with Crippen LogP contribution in [0.15, 0.2) is 18.2 Å². The minimum atomic E-state index is -0.639. The second kappa shape index (κ2) is 5.40. The van der Waals surface area contributed by atoms with E-state index >= 15 is 0 Å². The largest absolute Gasteiger partial charge is 0.347 e. The summed E-state index contributed by atoms with van der Waals surface area (Å²) in [6, 6.07) is 4.37. The molecule has 1 atom stereocenters. The molecule has 0 aromatic heterocycles. The molecule has 1 aromatic rings. The van der Waals surface area contributed by atoms with Crippen molar-refractivity contribution in [2.24, 2.45) is 0 Å². The molecule has 1 saturated carbocycles. The lowest BCUT2D eigenvalue weighted by Crippen LogP contribution is -2.52. The van der Waals surface area contributed by atoms with Crippen molar-refractivity contribution < 1.29 is 19.2 Å². The summed E-state index contributed by atoms with van der Waals surface area (Å²) in [5.74, 6) is -1.12. The monoisotopic (exact) mass is 341 g/mol. The Morgan fingerprint density at radius 3 is 2.72 bits per heavy atom. The highest BCUT2D eigenvalue weighted by molar-refractivity contribution is 6.06. The zero-order valence-corrected chi connectivity index (χ0v) is 13.9. The van der Waals surface area contributed by atoms with Gasteiger partial charge in [0.1, 0.15) is 6.04 Å². The van der Waals surface area contributed by atoms with Crippen LogP contribution in [0.2, 0.25) is 0 Å². The summed E-state index contributed by atoms with van der Waals surface area (Å²) >= 11 is 0. The van der Waals surface area contributed by atoms with E-state index in [0.29, 0.717) is 17.5 Å². The average molecular weight is 341 g/mol. The van der Waals surface area contributed by atoms with Crippen LogP contribution in [-0.4, -0.2) is 40.1 Å². The van der Waals surface area contributed by atoms with Crippen LogP contribution in [0, 0.1) is 0 Å². The number of carbonyl (C=O) groups excluding carboxylic acids is 4. The number of hydrogen-bond acceptors (Lipinski definition) is 4. The maximum Gasteiger partial charge on any atom is 0.255 e. The summed E-state index contributed by atoms with van der Waals surface area (Å²) in [6.45, 7) is 2.28. The highest BCUT2D eigenvalue weighted by atomic mass is 16.2. The van der Waals surface area contributed by atoms with Crippen molar-refractivity contribution in [2.75, 3.05) is 0 Å². The Morgan fingerprint density at radius 2 is 2.04 bits per heavy atom. The molecule has 2 fully saturated rings. The van der Waals surface area contributed by atoms with E-state index < -0.39 is 11.9 Å². The topological polar surface area (TPSA) is 95.6 Å². The minimum absolute atomic E-state index is 0.106. The van der Waals surface area contributed by atoms with Gasteiger partial charge in [-0.1, -0.05) is 0 Å². The van der Waals surface area contributed by atoms with Crippen LogP contribution in [-0.2, 0) is 16.1 Å². The SMILES string of the molecule is CC1(NC(=O)c2ccc3c(c2)CN(C2CCC(=O)NC2=O)C3=O)CC1. The summed E-state index contributed by atoms with van der Waals surface area (Å²) in [5, 5.41) is 5.28. The van der Waals surface area contributed by atoms with Crippen molar-refractivity contribution in [3.8, 4) is 0 Å². The molecule has 25 heavy (non-hydrogen) atoms. The van der Waals surface area contributed by atoms with Gasteiger partial charge in [-0.3, -0.25) is 24.5 Å². The number of piperidine rings is 1. The van der Waals surface area contributed by atoms with Crippen LogP contribution < -0.4 is 10.6 Å². The first kappa shape index (κ1) is 15.8. The molecule has 7 nitrogen and oxygen atoms in total. The number of imide groups is 1. The van der Waals surface area contributed by atoms with Gasteiger partial charge < -0.3 is 10.2 Å². The number of rotatable bonds is 3. The molecule has 0 radical (unpaired) electrons. The smallest absolute Gasteiger partial charge is 0.255 e. The Bertz CT molecular complexity index is 813. The van der Waals surface area contributed by atoms with Gasteiger partial charge in [-0.2, -0.15) is 0 Å². The van der Waals surface area contributed by atoms with E-state index in [9.17, 15) is 19.2 Å². The van der Waals surface area contributed by atoms with Crippen LogP contribution in [0.5, 0.6) is 0 Å². The minimum Gasteiger partial charge on any atom is -0.347 e. The second-order valence-electron chi connectivity index (χ2n) is 7.29. The number of carbonyl (C=O) groups is 4. The summed E-state index contributed by atoms with van der Waals surface area (Å²) < 4.78 is 0. The summed E-state index contributed by atoms with van der Waals surface area (Å²) in [4.78, 5) is 49.8. The molecule has 7 heteroatoms. The van der Waals surface area contributed by atoms with Crippen molar-refractivity contribution in [3.63, 3.8) is 0 Å². The van der Waals surface area contributed by atoms with E-state index in [4.69, 9.17) is 0 Å². The maximum absolute atomic E-state index is 12.6. The Hall–Kier alpha value is -2.70. The Kier molecular flexibility index (Phi) is 3.42. The Morgan fingerprint density at radius 1 is 1.28 bits per heavy atom. The Labute approximate surface area is 144 Å². The van der Waals surface area contributed by atoms with Gasteiger partial charge in [0, 0.05) is 29.6 Å². The van der Waals surface area contributed by atoms with E-state index in [1.807, 2.05) is 6.92 Å². The van der Waals surface area contributed by atoms with Crippen molar-refractivity contribution in [2.45, 2.75) is 50.7 Å². The standard InChI is InChI=1S/C18H19N3O4/c1-18(6-7-18)20-15(23)10-2-3-12-11(8-10)9-21(17(12)25)13-4-5-14(22)19-16(13)24/h2-3,8,13H,4-7,9H2,1H3,(H,20,23)(H,19,22,24). The van der Waals surface area contributed by atoms with Crippen molar-refractivity contribution in [1.82, 2.24) is 15.5 Å². The number of amides is 4. The fourth-order valence-electron chi connectivity index (χ4n) is 3.37. The lowest BCUT2D eigenvalue weighted by Gasteiger charge is -2.29. The van der Waals surface area contributed by atoms with Crippen LogP contribution in [0.3, 0.4) is 0 Å². The molecular formula is C18H19N3O4. The molecule has 1 saturated heterocycles.